The van der Waals surface area contributed by atoms with Gasteiger partial charge in [-0.2, -0.15) is 0 Å². The van der Waals surface area contributed by atoms with Crippen LogP contribution < -0.4 is 14.4 Å². The summed E-state index contributed by atoms with van der Waals surface area (Å²) in [7, 11) is -2.61. The summed E-state index contributed by atoms with van der Waals surface area (Å²) in [5.74, 6) is -0.270. The maximum atomic E-state index is 14.0. The number of sulfonamides is 1. The highest BCUT2D eigenvalue weighted by molar-refractivity contribution is 9.10. The van der Waals surface area contributed by atoms with Crippen molar-refractivity contribution < 1.29 is 22.7 Å². The molecule has 1 N–H and O–H groups in total. The third-order valence-electron chi connectivity index (χ3n) is 6.68. The molecule has 10 heteroatoms. The number of carbonyl (C=O) groups excluding carboxylic acids is 2. The molecule has 2 amide bonds. The minimum Gasteiger partial charge on any atom is -0.497 e. The van der Waals surface area contributed by atoms with Crippen molar-refractivity contribution in [3.8, 4) is 5.75 Å². The van der Waals surface area contributed by atoms with Gasteiger partial charge in [0.05, 0.1) is 17.7 Å². The standard InChI is InChI=1S/C30H36BrN3O5S/c1-6-22(3)32-30(36)23(4)33(19-24-9-11-25(31)12-10-24)29(35)20-34(26-13-15-27(39-5)16-14-26)40(37,38)28-17-7-21(2)8-18-28/h7-18,22-23H,6,19-20H2,1-5H3,(H,32,36)/t22-,23-/m1/s1. The van der Waals surface area contributed by atoms with Gasteiger partial charge in [0.2, 0.25) is 11.8 Å². The summed E-state index contributed by atoms with van der Waals surface area (Å²) in [5.41, 5.74) is 2.01. The average Bonchev–Trinajstić information content (AvgIpc) is 2.95. The van der Waals surface area contributed by atoms with E-state index in [4.69, 9.17) is 4.74 Å². The summed E-state index contributed by atoms with van der Waals surface area (Å²) in [6, 6.07) is 19.4. The molecular weight excluding hydrogens is 594 g/mol. The van der Waals surface area contributed by atoms with E-state index in [2.05, 4.69) is 21.2 Å². The number of aryl methyl sites for hydroxylation is 1. The zero-order chi connectivity index (χ0) is 29.4. The monoisotopic (exact) mass is 629 g/mol. The van der Waals surface area contributed by atoms with Crippen molar-refractivity contribution in [3.63, 3.8) is 0 Å². The van der Waals surface area contributed by atoms with E-state index in [1.165, 1.54) is 24.1 Å². The molecule has 0 aromatic heterocycles. The SMILES string of the molecule is CC[C@@H](C)NC(=O)[C@@H](C)N(Cc1ccc(Br)cc1)C(=O)CN(c1ccc(OC)cc1)S(=O)(=O)c1ccc(C)cc1. The molecule has 0 saturated carbocycles. The van der Waals surface area contributed by atoms with Gasteiger partial charge in [0.1, 0.15) is 18.3 Å². The van der Waals surface area contributed by atoms with E-state index >= 15 is 0 Å². The average molecular weight is 631 g/mol. The van der Waals surface area contributed by atoms with Crippen molar-refractivity contribution in [2.24, 2.45) is 0 Å². The van der Waals surface area contributed by atoms with Gasteiger partial charge >= 0.3 is 0 Å². The molecule has 0 aliphatic heterocycles. The highest BCUT2D eigenvalue weighted by Crippen LogP contribution is 2.27. The predicted octanol–water partition coefficient (Wildman–Crippen LogP) is 5.29. The number of halogens is 1. The van der Waals surface area contributed by atoms with Crippen molar-refractivity contribution in [1.29, 1.82) is 0 Å². The van der Waals surface area contributed by atoms with Gasteiger partial charge in [0.15, 0.2) is 0 Å². The number of nitrogens with zero attached hydrogens (tertiary/aromatic N) is 2. The van der Waals surface area contributed by atoms with Crippen LogP contribution in [0.15, 0.2) is 82.2 Å². The summed E-state index contributed by atoms with van der Waals surface area (Å²) >= 11 is 3.42. The summed E-state index contributed by atoms with van der Waals surface area (Å²) in [6.45, 7) is 7.00. The molecule has 0 fully saturated rings. The van der Waals surface area contributed by atoms with Gasteiger partial charge in [-0.25, -0.2) is 8.42 Å². The van der Waals surface area contributed by atoms with Crippen LogP contribution in [-0.4, -0.2) is 50.9 Å². The number of hydrogen-bond donors (Lipinski definition) is 1. The lowest BCUT2D eigenvalue weighted by atomic mass is 10.1. The molecule has 0 spiro atoms. The van der Waals surface area contributed by atoms with Crippen LogP contribution in [-0.2, 0) is 26.2 Å². The Morgan fingerprint density at radius 1 is 0.950 bits per heavy atom. The fourth-order valence-corrected chi connectivity index (χ4v) is 5.63. The van der Waals surface area contributed by atoms with Crippen molar-refractivity contribution >= 4 is 43.5 Å². The number of amides is 2. The lowest BCUT2D eigenvalue weighted by Gasteiger charge is -2.32. The van der Waals surface area contributed by atoms with Gasteiger partial charge in [0.25, 0.3) is 10.0 Å². The number of ether oxygens (including phenoxy) is 1. The van der Waals surface area contributed by atoms with E-state index in [0.717, 1.165) is 26.3 Å². The largest absolute Gasteiger partial charge is 0.497 e. The normalized spacial score (nSPS) is 12.8. The van der Waals surface area contributed by atoms with Crippen LogP contribution in [0.1, 0.15) is 38.3 Å². The van der Waals surface area contributed by atoms with E-state index in [9.17, 15) is 18.0 Å². The number of hydrogen-bond acceptors (Lipinski definition) is 5. The maximum Gasteiger partial charge on any atom is 0.264 e. The summed E-state index contributed by atoms with van der Waals surface area (Å²) in [6.07, 6.45) is 0.735. The van der Waals surface area contributed by atoms with Crippen molar-refractivity contribution in [3.05, 3.63) is 88.4 Å². The molecule has 40 heavy (non-hydrogen) atoms. The van der Waals surface area contributed by atoms with Gasteiger partial charge in [-0.3, -0.25) is 13.9 Å². The zero-order valence-electron chi connectivity index (χ0n) is 23.4. The van der Waals surface area contributed by atoms with Crippen LogP contribution >= 0.6 is 15.9 Å². The van der Waals surface area contributed by atoms with Crippen LogP contribution in [0.25, 0.3) is 0 Å². The fourth-order valence-electron chi connectivity index (χ4n) is 3.95. The Labute approximate surface area is 245 Å². The quantitative estimate of drug-likeness (QED) is 0.294. The Bertz CT molecular complexity index is 1390. The lowest BCUT2D eigenvalue weighted by Crippen LogP contribution is -2.52. The molecule has 0 aliphatic carbocycles. The van der Waals surface area contributed by atoms with E-state index in [-0.39, 0.29) is 23.4 Å². The molecule has 0 aliphatic rings. The first-order valence-electron chi connectivity index (χ1n) is 13.0. The number of nitrogens with one attached hydrogen (secondary N) is 1. The second kappa shape index (κ2) is 13.8. The third-order valence-corrected chi connectivity index (χ3v) is 9.00. The minimum absolute atomic E-state index is 0.0590. The van der Waals surface area contributed by atoms with Crippen molar-refractivity contribution in [2.45, 2.75) is 57.6 Å². The van der Waals surface area contributed by atoms with Crippen molar-refractivity contribution in [2.75, 3.05) is 18.0 Å². The molecular formula is C30H36BrN3O5S. The summed E-state index contributed by atoms with van der Waals surface area (Å²) in [4.78, 5) is 28.6. The van der Waals surface area contributed by atoms with Gasteiger partial charge < -0.3 is 15.0 Å². The highest BCUT2D eigenvalue weighted by atomic mass is 79.9. The molecule has 0 saturated heterocycles. The molecule has 3 aromatic rings. The Kier molecular flexibility index (Phi) is 10.8. The molecule has 2 atom stereocenters. The van der Waals surface area contributed by atoms with E-state index in [1.807, 2.05) is 45.0 Å². The minimum atomic E-state index is -4.13. The van der Waals surface area contributed by atoms with Crippen LogP contribution in [0.5, 0.6) is 5.75 Å². The number of anilines is 1. The number of methoxy groups -OCH3 is 1. The Morgan fingerprint density at radius 3 is 2.10 bits per heavy atom. The van der Waals surface area contributed by atoms with Crippen LogP contribution in [0.2, 0.25) is 0 Å². The highest BCUT2D eigenvalue weighted by Gasteiger charge is 2.32. The van der Waals surface area contributed by atoms with E-state index in [1.54, 1.807) is 43.3 Å². The Balaban J connectivity index is 2.02. The number of carbonyl (C=O) groups is 2. The first-order valence-corrected chi connectivity index (χ1v) is 15.3. The molecule has 0 unspecified atom stereocenters. The molecule has 0 radical (unpaired) electrons. The Morgan fingerprint density at radius 2 is 1.55 bits per heavy atom. The topological polar surface area (TPSA) is 96.0 Å². The number of benzene rings is 3. The summed E-state index contributed by atoms with van der Waals surface area (Å²) < 4.78 is 35.0. The molecule has 0 bridgehead atoms. The van der Waals surface area contributed by atoms with Gasteiger partial charge in [-0.05, 0) is 81.3 Å². The van der Waals surface area contributed by atoms with Crippen LogP contribution in [0.4, 0.5) is 5.69 Å². The van der Waals surface area contributed by atoms with Crippen molar-refractivity contribution in [1.82, 2.24) is 10.2 Å². The van der Waals surface area contributed by atoms with Gasteiger partial charge in [-0.15, -0.1) is 0 Å². The molecule has 214 valence electrons. The fraction of sp³-hybridized carbons (Fsp3) is 0.333. The van der Waals surface area contributed by atoms with E-state index < -0.39 is 28.5 Å². The lowest BCUT2D eigenvalue weighted by molar-refractivity contribution is -0.139. The molecule has 3 aromatic carbocycles. The molecule has 3 rings (SSSR count). The van der Waals surface area contributed by atoms with Gasteiger partial charge in [0, 0.05) is 17.1 Å². The predicted molar refractivity (Wildman–Crippen MR) is 161 cm³/mol. The summed E-state index contributed by atoms with van der Waals surface area (Å²) in [5, 5.41) is 2.93. The van der Waals surface area contributed by atoms with E-state index in [0.29, 0.717) is 11.4 Å². The second-order valence-electron chi connectivity index (χ2n) is 9.66. The maximum absolute atomic E-state index is 14.0. The Hall–Kier alpha value is -3.37. The first-order chi connectivity index (χ1) is 19.0. The smallest absolute Gasteiger partial charge is 0.264 e. The third kappa shape index (κ3) is 7.85. The molecule has 8 nitrogen and oxygen atoms in total. The molecule has 0 heterocycles. The second-order valence-corrected chi connectivity index (χ2v) is 12.4. The van der Waals surface area contributed by atoms with Crippen LogP contribution in [0, 0.1) is 6.92 Å². The van der Waals surface area contributed by atoms with Gasteiger partial charge in [-0.1, -0.05) is 52.7 Å². The first kappa shape index (κ1) is 31.2. The number of rotatable bonds is 12. The van der Waals surface area contributed by atoms with Crippen LogP contribution in [0.3, 0.4) is 0 Å². The zero-order valence-corrected chi connectivity index (χ0v) is 25.8.